The lowest BCUT2D eigenvalue weighted by molar-refractivity contribution is -0.0220. The van der Waals surface area contributed by atoms with Crippen LogP contribution in [-0.4, -0.2) is 54.6 Å². The van der Waals surface area contributed by atoms with E-state index >= 15 is 0 Å². The summed E-state index contributed by atoms with van der Waals surface area (Å²) >= 11 is 0. The van der Waals surface area contributed by atoms with Crippen LogP contribution in [0.1, 0.15) is 50.5 Å². The van der Waals surface area contributed by atoms with Crippen molar-refractivity contribution in [2.75, 3.05) is 32.7 Å². The van der Waals surface area contributed by atoms with Crippen LogP contribution in [0.25, 0.3) is 0 Å². The molecule has 5 nitrogen and oxygen atoms in total. The molecule has 2 heterocycles. The minimum absolute atomic E-state index is 0.00986. The topological polar surface area (TPSA) is 80.1 Å². The van der Waals surface area contributed by atoms with Crippen molar-refractivity contribution < 1.29 is 4.39 Å². The number of nitriles is 2. The third kappa shape index (κ3) is 4.08. The molecule has 2 N–H and O–H groups in total. The lowest BCUT2D eigenvalue weighted by atomic mass is 9.59. The molecule has 1 aromatic carbocycles. The molecule has 6 heteroatoms. The predicted octanol–water partition coefficient (Wildman–Crippen LogP) is 3.66. The molecule has 5 atom stereocenters. The second-order valence-corrected chi connectivity index (χ2v) is 11.0. The van der Waals surface area contributed by atoms with Crippen LogP contribution in [0.5, 0.6) is 0 Å². The van der Waals surface area contributed by atoms with E-state index in [0.29, 0.717) is 12.0 Å². The first-order valence-corrected chi connectivity index (χ1v) is 12.8. The van der Waals surface area contributed by atoms with E-state index < -0.39 is 5.41 Å². The Morgan fingerprint density at radius 2 is 1.85 bits per heavy atom. The van der Waals surface area contributed by atoms with Crippen molar-refractivity contribution in [1.29, 1.82) is 10.5 Å². The molecule has 2 aliphatic heterocycles. The summed E-state index contributed by atoms with van der Waals surface area (Å²) in [6, 6.07) is 12.4. The van der Waals surface area contributed by atoms with E-state index in [1.807, 2.05) is 6.07 Å². The third-order valence-electron chi connectivity index (χ3n) is 9.25. The van der Waals surface area contributed by atoms with Crippen LogP contribution in [0.2, 0.25) is 0 Å². The van der Waals surface area contributed by atoms with Gasteiger partial charge in [-0.3, -0.25) is 4.90 Å². The summed E-state index contributed by atoms with van der Waals surface area (Å²) in [7, 11) is 0. The van der Waals surface area contributed by atoms with Gasteiger partial charge in [0.1, 0.15) is 5.82 Å². The summed E-state index contributed by atoms with van der Waals surface area (Å²) in [6.45, 7) is 5.32. The Hall–Kier alpha value is -1.99. The molecule has 0 aromatic heterocycles. The molecule has 0 radical (unpaired) electrons. The van der Waals surface area contributed by atoms with Crippen molar-refractivity contribution in [3.63, 3.8) is 0 Å². The molecule has 2 aliphatic carbocycles. The first-order valence-electron chi connectivity index (χ1n) is 12.8. The maximum Gasteiger partial charge on any atom is 0.123 e. The highest BCUT2D eigenvalue weighted by Crippen LogP contribution is 2.49. The number of halogens is 1. The number of piperidine rings is 1. The van der Waals surface area contributed by atoms with Crippen molar-refractivity contribution in [3.8, 4) is 12.1 Å². The second-order valence-electron chi connectivity index (χ2n) is 11.0. The van der Waals surface area contributed by atoms with Crippen LogP contribution >= 0.6 is 0 Å². The molecule has 2 saturated heterocycles. The van der Waals surface area contributed by atoms with Crippen molar-refractivity contribution in [1.82, 2.24) is 9.80 Å². The van der Waals surface area contributed by atoms with Crippen LogP contribution in [0.3, 0.4) is 0 Å². The van der Waals surface area contributed by atoms with Gasteiger partial charge < -0.3 is 10.6 Å². The van der Waals surface area contributed by atoms with Crippen molar-refractivity contribution in [2.24, 2.45) is 29.4 Å². The van der Waals surface area contributed by atoms with Crippen LogP contribution in [-0.2, 0) is 5.41 Å². The van der Waals surface area contributed by atoms with Crippen LogP contribution < -0.4 is 5.73 Å². The largest absolute Gasteiger partial charge is 0.327 e. The van der Waals surface area contributed by atoms with Crippen molar-refractivity contribution >= 4 is 0 Å². The highest BCUT2D eigenvalue weighted by Gasteiger charge is 2.51. The molecule has 176 valence electrons. The van der Waals surface area contributed by atoms with Gasteiger partial charge in [0.25, 0.3) is 0 Å². The normalized spacial score (nSPS) is 33.5. The first-order chi connectivity index (χ1) is 16.0. The highest BCUT2D eigenvalue weighted by molar-refractivity contribution is 5.37. The molecule has 0 spiro atoms. The zero-order chi connectivity index (χ0) is 23.0. The molecular formula is C27H36FN5. The SMILES string of the molecule is N#C[C@@H]1CCC1N1CC(CN2CCC([C@@](C#N)(c3cccc(F)c3)[C@H]3CCC[C@@H]3N)CC2)C1. The van der Waals surface area contributed by atoms with E-state index in [9.17, 15) is 14.9 Å². The summed E-state index contributed by atoms with van der Waals surface area (Å²) < 4.78 is 14.2. The summed E-state index contributed by atoms with van der Waals surface area (Å²) in [5.74, 6) is 0.964. The van der Waals surface area contributed by atoms with Crippen LogP contribution in [0.15, 0.2) is 24.3 Å². The van der Waals surface area contributed by atoms with E-state index in [1.54, 1.807) is 12.1 Å². The van der Waals surface area contributed by atoms with E-state index in [2.05, 4.69) is 21.9 Å². The van der Waals surface area contributed by atoms with Gasteiger partial charge >= 0.3 is 0 Å². The maximum absolute atomic E-state index is 14.2. The second kappa shape index (κ2) is 9.34. The van der Waals surface area contributed by atoms with Gasteiger partial charge in [0.2, 0.25) is 0 Å². The molecule has 4 aliphatic rings. The highest BCUT2D eigenvalue weighted by atomic mass is 19.1. The zero-order valence-corrected chi connectivity index (χ0v) is 19.5. The Balaban J connectivity index is 1.23. The summed E-state index contributed by atoms with van der Waals surface area (Å²) in [5, 5.41) is 19.8. The zero-order valence-electron chi connectivity index (χ0n) is 19.5. The molecule has 0 bridgehead atoms. The Bertz CT molecular complexity index is 923. The number of hydrogen-bond acceptors (Lipinski definition) is 5. The Kier molecular flexibility index (Phi) is 6.45. The fraction of sp³-hybridized carbons (Fsp3) is 0.704. The van der Waals surface area contributed by atoms with E-state index in [4.69, 9.17) is 5.73 Å². The lowest BCUT2D eigenvalue weighted by Crippen LogP contribution is -2.60. The fourth-order valence-electron chi connectivity index (χ4n) is 7.29. The van der Waals surface area contributed by atoms with Gasteiger partial charge in [-0.1, -0.05) is 18.6 Å². The van der Waals surface area contributed by atoms with Gasteiger partial charge in [-0.05, 0) is 87.1 Å². The van der Waals surface area contributed by atoms with Crippen LogP contribution in [0.4, 0.5) is 4.39 Å². The quantitative estimate of drug-likeness (QED) is 0.717. The molecule has 2 saturated carbocycles. The summed E-state index contributed by atoms with van der Waals surface area (Å²) in [4.78, 5) is 5.06. The smallest absolute Gasteiger partial charge is 0.123 e. The van der Waals surface area contributed by atoms with Gasteiger partial charge in [0, 0.05) is 31.7 Å². The number of nitrogens with zero attached hydrogens (tertiary/aromatic N) is 4. The Morgan fingerprint density at radius 3 is 2.42 bits per heavy atom. The number of likely N-dealkylation sites (tertiary alicyclic amines) is 2. The average Bonchev–Trinajstić information content (AvgIpc) is 3.20. The molecule has 0 amide bonds. The Morgan fingerprint density at radius 1 is 1.06 bits per heavy atom. The molecule has 1 aromatic rings. The van der Waals surface area contributed by atoms with E-state index in [1.165, 1.54) is 12.5 Å². The number of nitrogens with two attached hydrogens (primary N) is 1. The fourth-order valence-corrected chi connectivity index (χ4v) is 7.29. The summed E-state index contributed by atoms with van der Waals surface area (Å²) in [6.07, 6.45) is 7.12. The predicted molar refractivity (Wildman–Crippen MR) is 125 cm³/mol. The number of rotatable bonds is 6. The van der Waals surface area contributed by atoms with Crippen molar-refractivity contribution in [3.05, 3.63) is 35.6 Å². The van der Waals surface area contributed by atoms with E-state index in [0.717, 1.165) is 76.8 Å². The molecule has 5 rings (SSSR count). The average molecular weight is 450 g/mol. The monoisotopic (exact) mass is 449 g/mol. The van der Waals surface area contributed by atoms with E-state index in [-0.39, 0.29) is 29.6 Å². The molecular weight excluding hydrogens is 413 g/mol. The number of hydrogen-bond donors (Lipinski definition) is 1. The van der Waals surface area contributed by atoms with Gasteiger partial charge in [0.05, 0.1) is 23.5 Å². The van der Waals surface area contributed by atoms with Crippen molar-refractivity contribution in [2.45, 2.75) is 62.4 Å². The maximum atomic E-state index is 14.2. The molecule has 4 fully saturated rings. The third-order valence-corrected chi connectivity index (χ3v) is 9.25. The minimum atomic E-state index is -0.700. The van der Waals surface area contributed by atoms with Gasteiger partial charge in [-0.25, -0.2) is 4.39 Å². The number of benzene rings is 1. The van der Waals surface area contributed by atoms with Gasteiger partial charge in [0.15, 0.2) is 0 Å². The first kappa shape index (κ1) is 22.8. The molecule has 1 unspecified atom stereocenters. The standard InChI is InChI=1S/C27H36FN5/c28-23-4-1-3-22(13-23)27(18-30,24-5-2-6-25(24)31)21-9-11-32(12-10-21)15-19-16-33(17-19)26-8-7-20(26)14-29/h1,3-4,13,19-21,24-26H,2,5-12,15-17,31H2/t20-,24-,25-,26?,27-/m0/s1. The minimum Gasteiger partial charge on any atom is -0.327 e. The van der Waals surface area contributed by atoms with Gasteiger partial charge in [-0.15, -0.1) is 0 Å². The van der Waals surface area contributed by atoms with Gasteiger partial charge in [-0.2, -0.15) is 10.5 Å². The lowest BCUT2D eigenvalue weighted by Gasteiger charge is -2.51. The van der Waals surface area contributed by atoms with Crippen LogP contribution in [0, 0.1) is 52.2 Å². The Labute approximate surface area is 197 Å². The molecule has 33 heavy (non-hydrogen) atoms. The summed E-state index contributed by atoms with van der Waals surface area (Å²) in [5.41, 5.74) is 6.66.